The summed E-state index contributed by atoms with van der Waals surface area (Å²) in [6.07, 6.45) is 0. The van der Waals surface area contributed by atoms with Gasteiger partial charge in [-0.1, -0.05) is 0 Å². The Labute approximate surface area is 98.7 Å². The zero-order valence-corrected chi connectivity index (χ0v) is 9.93. The predicted molar refractivity (Wildman–Crippen MR) is 65.3 cm³/mol. The molecule has 2 rings (SSSR count). The third kappa shape index (κ3) is 2.63. The number of aryl methyl sites for hydroxylation is 1. The van der Waals surface area contributed by atoms with Crippen molar-refractivity contribution in [3.8, 4) is 0 Å². The standard InChI is InChI=1S/C10H14N6O/c1-6-4-5-7(17-6)12-9-13-8(11)14-10(15-9)16(2)3/h4-5H,1-3H3,(H3,11,12,13,14,15). The van der Waals surface area contributed by atoms with Crippen LogP contribution in [0.5, 0.6) is 0 Å². The van der Waals surface area contributed by atoms with Crippen LogP contribution < -0.4 is 16.0 Å². The van der Waals surface area contributed by atoms with Crippen LogP contribution in [0.2, 0.25) is 0 Å². The van der Waals surface area contributed by atoms with Gasteiger partial charge in [0.25, 0.3) is 0 Å². The van der Waals surface area contributed by atoms with E-state index in [2.05, 4.69) is 20.3 Å². The Morgan fingerprint density at radius 1 is 1.24 bits per heavy atom. The Balaban J connectivity index is 2.26. The molecule has 0 unspecified atom stereocenters. The fourth-order valence-corrected chi connectivity index (χ4v) is 1.25. The third-order valence-electron chi connectivity index (χ3n) is 2.02. The van der Waals surface area contributed by atoms with Crippen molar-refractivity contribution in [3.63, 3.8) is 0 Å². The number of nitrogens with zero attached hydrogens (tertiary/aromatic N) is 4. The number of nitrogen functional groups attached to an aromatic ring is 1. The average Bonchev–Trinajstić information content (AvgIpc) is 2.63. The first kappa shape index (κ1) is 11.2. The second-order valence-electron chi connectivity index (χ2n) is 3.75. The first-order valence-corrected chi connectivity index (χ1v) is 5.07. The minimum Gasteiger partial charge on any atom is -0.446 e. The van der Waals surface area contributed by atoms with Gasteiger partial charge >= 0.3 is 0 Å². The molecule has 0 aliphatic carbocycles. The van der Waals surface area contributed by atoms with Crippen molar-refractivity contribution in [1.82, 2.24) is 15.0 Å². The minimum atomic E-state index is 0.162. The highest BCUT2D eigenvalue weighted by atomic mass is 16.4. The Morgan fingerprint density at radius 2 is 2.00 bits per heavy atom. The van der Waals surface area contributed by atoms with Crippen molar-refractivity contribution in [2.75, 3.05) is 30.0 Å². The molecule has 0 aromatic carbocycles. The van der Waals surface area contributed by atoms with Gasteiger partial charge in [0, 0.05) is 20.2 Å². The summed E-state index contributed by atoms with van der Waals surface area (Å²) >= 11 is 0. The van der Waals surface area contributed by atoms with Crippen LogP contribution >= 0.6 is 0 Å². The molecule has 0 amide bonds. The van der Waals surface area contributed by atoms with E-state index in [4.69, 9.17) is 10.2 Å². The van der Waals surface area contributed by atoms with Gasteiger partial charge in [-0.15, -0.1) is 0 Å². The van der Waals surface area contributed by atoms with Gasteiger partial charge in [0.15, 0.2) is 5.88 Å². The van der Waals surface area contributed by atoms with E-state index in [1.54, 1.807) is 11.0 Å². The lowest BCUT2D eigenvalue weighted by Gasteiger charge is -2.11. The highest BCUT2D eigenvalue weighted by molar-refractivity contribution is 5.49. The molecular weight excluding hydrogens is 220 g/mol. The minimum absolute atomic E-state index is 0.162. The molecule has 2 aromatic rings. The number of nitrogens with two attached hydrogens (primary N) is 1. The largest absolute Gasteiger partial charge is 0.446 e. The molecule has 0 saturated carbocycles. The van der Waals surface area contributed by atoms with E-state index < -0.39 is 0 Å². The number of furan rings is 1. The molecule has 7 nitrogen and oxygen atoms in total. The van der Waals surface area contributed by atoms with Crippen LogP contribution in [0.3, 0.4) is 0 Å². The topological polar surface area (TPSA) is 93.1 Å². The van der Waals surface area contributed by atoms with Crippen LogP contribution in [0.1, 0.15) is 5.76 Å². The zero-order chi connectivity index (χ0) is 12.4. The van der Waals surface area contributed by atoms with Gasteiger partial charge in [-0.2, -0.15) is 15.0 Å². The molecule has 7 heteroatoms. The second kappa shape index (κ2) is 4.28. The molecule has 3 N–H and O–H groups in total. The SMILES string of the molecule is Cc1ccc(Nc2nc(N)nc(N(C)C)n2)o1. The summed E-state index contributed by atoms with van der Waals surface area (Å²) in [6.45, 7) is 1.86. The lowest BCUT2D eigenvalue weighted by atomic mass is 10.5. The summed E-state index contributed by atoms with van der Waals surface area (Å²) < 4.78 is 5.36. The molecular formula is C10H14N6O. The van der Waals surface area contributed by atoms with E-state index in [1.165, 1.54) is 0 Å². The molecule has 90 valence electrons. The number of anilines is 4. The third-order valence-corrected chi connectivity index (χ3v) is 2.02. The van der Waals surface area contributed by atoms with E-state index in [9.17, 15) is 0 Å². The number of hydrogen-bond donors (Lipinski definition) is 2. The van der Waals surface area contributed by atoms with Crippen LogP contribution in [-0.2, 0) is 0 Å². The van der Waals surface area contributed by atoms with Gasteiger partial charge in [0.05, 0.1) is 0 Å². The fraction of sp³-hybridized carbons (Fsp3) is 0.300. The molecule has 0 aliphatic heterocycles. The molecule has 0 saturated heterocycles. The lowest BCUT2D eigenvalue weighted by Crippen LogP contribution is -2.15. The monoisotopic (exact) mass is 234 g/mol. The first-order valence-electron chi connectivity index (χ1n) is 5.07. The quantitative estimate of drug-likeness (QED) is 0.823. The van der Waals surface area contributed by atoms with Crippen molar-refractivity contribution in [1.29, 1.82) is 0 Å². The van der Waals surface area contributed by atoms with Gasteiger partial charge in [-0.3, -0.25) is 5.32 Å². The van der Waals surface area contributed by atoms with Gasteiger partial charge < -0.3 is 15.1 Å². The van der Waals surface area contributed by atoms with Gasteiger partial charge in [0.2, 0.25) is 17.8 Å². The normalized spacial score (nSPS) is 10.3. The Morgan fingerprint density at radius 3 is 2.59 bits per heavy atom. The number of nitrogens with one attached hydrogen (secondary N) is 1. The van der Waals surface area contributed by atoms with E-state index in [0.29, 0.717) is 17.8 Å². The maximum absolute atomic E-state index is 5.60. The summed E-state index contributed by atoms with van der Waals surface area (Å²) in [7, 11) is 3.66. The second-order valence-corrected chi connectivity index (χ2v) is 3.75. The summed E-state index contributed by atoms with van der Waals surface area (Å²) in [6, 6.07) is 3.64. The van der Waals surface area contributed by atoms with Gasteiger partial charge in [-0.25, -0.2) is 0 Å². The van der Waals surface area contributed by atoms with E-state index in [-0.39, 0.29) is 5.95 Å². The zero-order valence-electron chi connectivity index (χ0n) is 9.93. The Bertz CT molecular complexity index is 521. The Kier molecular flexibility index (Phi) is 2.82. The number of rotatable bonds is 3. The van der Waals surface area contributed by atoms with Crippen molar-refractivity contribution >= 4 is 23.7 Å². The average molecular weight is 234 g/mol. The van der Waals surface area contributed by atoms with Crippen LogP contribution in [-0.4, -0.2) is 29.0 Å². The van der Waals surface area contributed by atoms with Crippen molar-refractivity contribution in [2.45, 2.75) is 6.92 Å². The van der Waals surface area contributed by atoms with E-state index in [1.807, 2.05) is 27.1 Å². The van der Waals surface area contributed by atoms with E-state index in [0.717, 1.165) is 5.76 Å². The molecule has 0 aliphatic rings. The maximum atomic E-state index is 5.60. The van der Waals surface area contributed by atoms with Crippen LogP contribution in [0.15, 0.2) is 16.5 Å². The molecule has 0 spiro atoms. The summed E-state index contributed by atoms with van der Waals surface area (Å²) in [5.41, 5.74) is 5.60. The van der Waals surface area contributed by atoms with Crippen molar-refractivity contribution < 1.29 is 4.42 Å². The summed E-state index contributed by atoms with van der Waals surface area (Å²) in [4.78, 5) is 13.9. The lowest BCUT2D eigenvalue weighted by molar-refractivity contribution is 0.550. The predicted octanol–water partition coefficient (Wildman–Crippen LogP) is 1.16. The van der Waals surface area contributed by atoms with E-state index >= 15 is 0 Å². The molecule has 2 aromatic heterocycles. The number of hydrogen-bond acceptors (Lipinski definition) is 7. The highest BCUT2D eigenvalue weighted by Gasteiger charge is 2.07. The first-order chi connectivity index (χ1) is 8.04. The molecule has 0 atom stereocenters. The van der Waals surface area contributed by atoms with Crippen molar-refractivity contribution in [3.05, 3.63) is 17.9 Å². The number of aromatic nitrogens is 3. The van der Waals surface area contributed by atoms with Gasteiger partial charge in [0.1, 0.15) is 5.76 Å². The highest BCUT2D eigenvalue weighted by Crippen LogP contribution is 2.17. The Hall–Kier alpha value is -2.31. The summed E-state index contributed by atoms with van der Waals surface area (Å²) in [5.74, 6) is 2.38. The molecule has 0 bridgehead atoms. The molecule has 0 radical (unpaired) electrons. The molecule has 2 heterocycles. The van der Waals surface area contributed by atoms with Crippen LogP contribution in [0.4, 0.5) is 23.7 Å². The molecule has 0 fully saturated rings. The van der Waals surface area contributed by atoms with Crippen molar-refractivity contribution in [2.24, 2.45) is 0 Å². The summed E-state index contributed by atoms with van der Waals surface area (Å²) in [5, 5.41) is 2.93. The van der Waals surface area contributed by atoms with Crippen LogP contribution in [0.25, 0.3) is 0 Å². The molecule has 17 heavy (non-hydrogen) atoms. The smallest absolute Gasteiger partial charge is 0.236 e. The van der Waals surface area contributed by atoms with Crippen LogP contribution in [0, 0.1) is 6.92 Å². The fourth-order valence-electron chi connectivity index (χ4n) is 1.25. The maximum Gasteiger partial charge on any atom is 0.236 e. The van der Waals surface area contributed by atoms with Gasteiger partial charge in [-0.05, 0) is 13.0 Å².